The van der Waals surface area contributed by atoms with Crippen LogP contribution in [-0.4, -0.2) is 18.6 Å². The fourth-order valence-electron chi connectivity index (χ4n) is 1.56. The van der Waals surface area contributed by atoms with Crippen LogP contribution in [0, 0.1) is 0 Å². The third kappa shape index (κ3) is 3.60. The standard InChI is InChI=1S/C12H13BrN4O2S/c13-11-6-9(7-14)3-4-12(11)20(18,19)16-8-10-2-1-5-15-17-10/h1-6,16H,7-8,14H2. The summed E-state index contributed by atoms with van der Waals surface area (Å²) in [6.07, 6.45) is 1.53. The fraction of sp³-hybridized carbons (Fsp3) is 0.167. The van der Waals surface area contributed by atoms with Crippen LogP contribution in [-0.2, 0) is 23.1 Å². The van der Waals surface area contributed by atoms with Gasteiger partial charge >= 0.3 is 0 Å². The number of sulfonamides is 1. The van der Waals surface area contributed by atoms with Crippen molar-refractivity contribution in [3.8, 4) is 0 Å². The molecule has 1 aromatic carbocycles. The minimum absolute atomic E-state index is 0.0846. The van der Waals surface area contributed by atoms with E-state index in [4.69, 9.17) is 5.73 Å². The lowest BCUT2D eigenvalue weighted by atomic mass is 10.2. The highest BCUT2D eigenvalue weighted by Crippen LogP contribution is 2.23. The van der Waals surface area contributed by atoms with Crippen molar-refractivity contribution in [2.24, 2.45) is 5.73 Å². The van der Waals surface area contributed by atoms with Crippen LogP contribution in [0.4, 0.5) is 0 Å². The molecule has 0 fully saturated rings. The highest BCUT2D eigenvalue weighted by molar-refractivity contribution is 9.10. The van der Waals surface area contributed by atoms with Crippen molar-refractivity contribution in [1.82, 2.24) is 14.9 Å². The van der Waals surface area contributed by atoms with Crippen LogP contribution < -0.4 is 10.5 Å². The number of nitrogens with one attached hydrogen (secondary N) is 1. The number of hydrogen-bond donors (Lipinski definition) is 2. The number of nitrogens with zero attached hydrogens (tertiary/aromatic N) is 2. The number of rotatable bonds is 5. The van der Waals surface area contributed by atoms with E-state index >= 15 is 0 Å². The van der Waals surface area contributed by atoms with E-state index in [-0.39, 0.29) is 11.4 Å². The van der Waals surface area contributed by atoms with E-state index in [1.165, 1.54) is 12.3 Å². The van der Waals surface area contributed by atoms with Gasteiger partial charge in [0.15, 0.2) is 0 Å². The van der Waals surface area contributed by atoms with Gasteiger partial charge in [-0.3, -0.25) is 0 Å². The SMILES string of the molecule is NCc1ccc(S(=O)(=O)NCc2cccnn2)c(Br)c1. The predicted molar refractivity (Wildman–Crippen MR) is 78.1 cm³/mol. The van der Waals surface area contributed by atoms with Crippen LogP contribution in [0.1, 0.15) is 11.3 Å². The smallest absolute Gasteiger partial charge is 0.242 e. The van der Waals surface area contributed by atoms with Crippen LogP contribution in [0.5, 0.6) is 0 Å². The summed E-state index contributed by atoms with van der Waals surface area (Å²) in [5, 5.41) is 7.51. The van der Waals surface area contributed by atoms with E-state index < -0.39 is 10.0 Å². The van der Waals surface area contributed by atoms with Crippen molar-refractivity contribution in [3.63, 3.8) is 0 Å². The molecule has 1 aromatic heterocycles. The molecule has 0 aliphatic rings. The number of hydrogen-bond acceptors (Lipinski definition) is 5. The van der Waals surface area contributed by atoms with Gasteiger partial charge in [-0.05, 0) is 45.8 Å². The number of halogens is 1. The van der Waals surface area contributed by atoms with Gasteiger partial charge in [-0.2, -0.15) is 10.2 Å². The minimum atomic E-state index is -3.62. The Morgan fingerprint density at radius 2 is 2.10 bits per heavy atom. The topological polar surface area (TPSA) is 98.0 Å². The van der Waals surface area contributed by atoms with Gasteiger partial charge in [0.05, 0.1) is 17.1 Å². The lowest BCUT2D eigenvalue weighted by Gasteiger charge is -2.09. The summed E-state index contributed by atoms with van der Waals surface area (Å²) in [4.78, 5) is 0.165. The first-order valence-electron chi connectivity index (χ1n) is 5.77. The summed E-state index contributed by atoms with van der Waals surface area (Å²) in [5.74, 6) is 0. The van der Waals surface area contributed by atoms with Crippen molar-refractivity contribution in [2.45, 2.75) is 18.0 Å². The molecule has 0 spiro atoms. The first kappa shape index (κ1) is 15.0. The Balaban J connectivity index is 2.18. The molecule has 2 aromatic rings. The maximum absolute atomic E-state index is 12.2. The zero-order valence-corrected chi connectivity index (χ0v) is 12.9. The van der Waals surface area contributed by atoms with Crippen LogP contribution in [0.25, 0.3) is 0 Å². The van der Waals surface area contributed by atoms with Crippen LogP contribution in [0.15, 0.2) is 45.9 Å². The molecule has 106 valence electrons. The highest BCUT2D eigenvalue weighted by Gasteiger charge is 2.17. The zero-order valence-electron chi connectivity index (χ0n) is 10.5. The monoisotopic (exact) mass is 356 g/mol. The van der Waals surface area contributed by atoms with Gasteiger partial charge in [0.25, 0.3) is 0 Å². The van der Waals surface area contributed by atoms with E-state index in [2.05, 4.69) is 30.8 Å². The van der Waals surface area contributed by atoms with Gasteiger partial charge in [-0.25, -0.2) is 13.1 Å². The summed E-state index contributed by atoms with van der Waals surface area (Å²) in [6, 6.07) is 8.29. The average Bonchev–Trinajstić information content (AvgIpc) is 2.46. The van der Waals surface area contributed by atoms with Crippen LogP contribution in [0.2, 0.25) is 0 Å². The Labute approximate surface area is 125 Å². The largest absolute Gasteiger partial charge is 0.326 e. The van der Waals surface area contributed by atoms with Gasteiger partial charge in [0.1, 0.15) is 0 Å². The molecule has 0 saturated carbocycles. The summed E-state index contributed by atoms with van der Waals surface area (Å²) in [7, 11) is -3.62. The van der Waals surface area contributed by atoms with E-state index in [0.717, 1.165) is 5.56 Å². The Morgan fingerprint density at radius 3 is 2.70 bits per heavy atom. The van der Waals surface area contributed by atoms with Crippen molar-refractivity contribution in [1.29, 1.82) is 0 Å². The molecule has 0 unspecified atom stereocenters. The van der Waals surface area contributed by atoms with Crippen molar-refractivity contribution >= 4 is 26.0 Å². The van der Waals surface area contributed by atoms with E-state index in [0.29, 0.717) is 16.7 Å². The summed E-state index contributed by atoms with van der Waals surface area (Å²) >= 11 is 3.25. The summed E-state index contributed by atoms with van der Waals surface area (Å²) in [5.41, 5.74) is 6.91. The van der Waals surface area contributed by atoms with Crippen molar-refractivity contribution < 1.29 is 8.42 Å². The molecule has 20 heavy (non-hydrogen) atoms. The second kappa shape index (κ2) is 6.40. The Bertz CT molecular complexity index is 692. The van der Waals surface area contributed by atoms with Gasteiger partial charge in [0, 0.05) is 17.2 Å². The maximum atomic E-state index is 12.2. The normalized spacial score (nSPS) is 11.5. The molecule has 0 radical (unpaired) electrons. The Morgan fingerprint density at radius 1 is 1.30 bits per heavy atom. The molecule has 1 heterocycles. The lowest BCUT2D eigenvalue weighted by Crippen LogP contribution is -2.24. The molecule has 8 heteroatoms. The summed E-state index contributed by atoms with van der Waals surface area (Å²) < 4.78 is 27.4. The van der Waals surface area contributed by atoms with Crippen LogP contribution in [0.3, 0.4) is 0 Å². The van der Waals surface area contributed by atoms with Crippen molar-refractivity contribution in [2.75, 3.05) is 0 Å². The fourth-order valence-corrected chi connectivity index (χ4v) is 3.69. The van der Waals surface area contributed by atoms with E-state index in [9.17, 15) is 8.42 Å². The van der Waals surface area contributed by atoms with Gasteiger partial charge in [-0.1, -0.05) is 6.07 Å². The molecular formula is C12H13BrN4O2S. The Hall–Kier alpha value is -1.35. The predicted octanol–water partition coefficient (Wildman–Crippen LogP) is 1.18. The molecule has 0 bridgehead atoms. The molecule has 0 saturated heterocycles. The Kier molecular flexibility index (Phi) is 4.81. The average molecular weight is 357 g/mol. The van der Waals surface area contributed by atoms with Gasteiger partial charge in [0.2, 0.25) is 10.0 Å². The summed E-state index contributed by atoms with van der Waals surface area (Å²) in [6.45, 7) is 0.438. The molecule has 0 aliphatic carbocycles. The zero-order chi connectivity index (χ0) is 14.6. The third-order valence-electron chi connectivity index (χ3n) is 2.59. The quantitative estimate of drug-likeness (QED) is 0.837. The number of benzene rings is 1. The van der Waals surface area contributed by atoms with Gasteiger partial charge < -0.3 is 5.73 Å². The highest BCUT2D eigenvalue weighted by atomic mass is 79.9. The van der Waals surface area contributed by atoms with E-state index in [1.807, 2.05) is 0 Å². The first-order chi connectivity index (χ1) is 9.53. The molecule has 0 amide bonds. The lowest BCUT2D eigenvalue weighted by molar-refractivity contribution is 0.579. The third-order valence-corrected chi connectivity index (χ3v) is 4.97. The second-order valence-corrected chi connectivity index (χ2v) is 6.60. The van der Waals surface area contributed by atoms with E-state index in [1.54, 1.807) is 24.3 Å². The number of aromatic nitrogens is 2. The first-order valence-corrected chi connectivity index (χ1v) is 8.05. The molecule has 6 nitrogen and oxygen atoms in total. The maximum Gasteiger partial charge on any atom is 0.242 e. The van der Waals surface area contributed by atoms with Gasteiger partial charge in [-0.15, -0.1) is 0 Å². The minimum Gasteiger partial charge on any atom is -0.326 e. The second-order valence-electron chi connectivity index (χ2n) is 4.01. The molecule has 3 N–H and O–H groups in total. The molecular weight excluding hydrogens is 344 g/mol. The molecule has 2 rings (SSSR count). The van der Waals surface area contributed by atoms with Crippen molar-refractivity contribution in [3.05, 3.63) is 52.3 Å². The van der Waals surface area contributed by atoms with Crippen LogP contribution >= 0.6 is 15.9 Å². The molecule has 0 atom stereocenters. The number of nitrogens with two attached hydrogens (primary N) is 1. The molecule has 0 aliphatic heterocycles.